The Morgan fingerprint density at radius 1 is 1.05 bits per heavy atom. The maximum absolute atomic E-state index is 11.7. The Morgan fingerprint density at radius 2 is 1.91 bits per heavy atom. The number of esters is 1. The Morgan fingerprint density at radius 3 is 2.73 bits per heavy atom. The number of ether oxygens (including phenoxy) is 1. The Bertz CT molecular complexity index is 583. The van der Waals surface area contributed by atoms with Gasteiger partial charge in [0.15, 0.2) is 5.78 Å². The lowest BCUT2D eigenvalue weighted by atomic mass is 9.63. The van der Waals surface area contributed by atoms with Crippen molar-refractivity contribution in [3.05, 3.63) is 22.8 Å². The highest BCUT2D eigenvalue weighted by molar-refractivity contribution is 5.93. The van der Waals surface area contributed by atoms with Gasteiger partial charge in [-0.05, 0) is 79.9 Å². The second-order valence-corrected chi connectivity index (χ2v) is 7.38. The maximum atomic E-state index is 11.7. The van der Waals surface area contributed by atoms with Crippen molar-refractivity contribution in [1.82, 2.24) is 0 Å². The zero-order valence-corrected chi connectivity index (χ0v) is 13.3. The van der Waals surface area contributed by atoms with Gasteiger partial charge in [-0.3, -0.25) is 9.59 Å². The van der Waals surface area contributed by atoms with Crippen LogP contribution in [0.2, 0.25) is 0 Å². The number of hydrogen-bond donors (Lipinski definition) is 0. The second kappa shape index (κ2) is 5.36. The van der Waals surface area contributed by atoms with Crippen LogP contribution >= 0.6 is 0 Å². The Hall–Kier alpha value is -1.38. The van der Waals surface area contributed by atoms with Gasteiger partial charge >= 0.3 is 5.97 Å². The first kappa shape index (κ1) is 14.2. The van der Waals surface area contributed by atoms with E-state index in [1.807, 2.05) is 6.08 Å². The first-order valence-corrected chi connectivity index (χ1v) is 8.76. The van der Waals surface area contributed by atoms with Crippen molar-refractivity contribution in [3.63, 3.8) is 0 Å². The Balaban J connectivity index is 1.61. The van der Waals surface area contributed by atoms with E-state index in [9.17, 15) is 9.59 Å². The summed E-state index contributed by atoms with van der Waals surface area (Å²) in [6, 6.07) is 0. The molecular weight excluding hydrogens is 276 g/mol. The van der Waals surface area contributed by atoms with Crippen LogP contribution < -0.4 is 0 Å². The van der Waals surface area contributed by atoms with Crippen molar-refractivity contribution in [2.45, 2.75) is 64.4 Å². The van der Waals surface area contributed by atoms with Gasteiger partial charge in [0.1, 0.15) is 6.10 Å². The summed E-state index contributed by atoms with van der Waals surface area (Å²) in [7, 11) is 0. The number of hydrogen-bond acceptors (Lipinski definition) is 3. The number of fused-ring (bicyclic) bond motifs is 4. The molecule has 4 atom stereocenters. The monoisotopic (exact) mass is 300 g/mol. The van der Waals surface area contributed by atoms with Gasteiger partial charge in [0, 0.05) is 13.3 Å². The minimum atomic E-state index is -0.130. The van der Waals surface area contributed by atoms with Crippen LogP contribution in [0.5, 0.6) is 0 Å². The van der Waals surface area contributed by atoms with E-state index in [1.165, 1.54) is 30.9 Å². The van der Waals surface area contributed by atoms with E-state index < -0.39 is 0 Å². The predicted octanol–water partition coefficient (Wildman–Crippen LogP) is 3.73. The van der Waals surface area contributed by atoms with Crippen molar-refractivity contribution < 1.29 is 14.3 Å². The molecule has 0 radical (unpaired) electrons. The fourth-order valence-corrected chi connectivity index (χ4v) is 5.51. The summed E-state index contributed by atoms with van der Waals surface area (Å²) in [5.41, 5.74) is 4.50. The first-order valence-electron chi connectivity index (χ1n) is 8.76. The molecule has 0 aromatic carbocycles. The van der Waals surface area contributed by atoms with Crippen LogP contribution in [-0.2, 0) is 14.3 Å². The molecule has 3 heteroatoms. The molecule has 2 fully saturated rings. The summed E-state index contributed by atoms with van der Waals surface area (Å²) in [5, 5.41) is 0. The third-order valence-electron chi connectivity index (χ3n) is 6.30. The molecule has 22 heavy (non-hydrogen) atoms. The summed E-state index contributed by atoms with van der Waals surface area (Å²) in [4.78, 5) is 23.0. The third kappa shape index (κ3) is 2.26. The van der Waals surface area contributed by atoms with Gasteiger partial charge in [-0.1, -0.05) is 5.57 Å². The fraction of sp³-hybridized carbons (Fsp3) is 0.684. The SMILES string of the molecule is CC(=O)OC1CCC2C1CCC1=C3CCC(=O)C=C3CC[C@H]12. The van der Waals surface area contributed by atoms with Crippen molar-refractivity contribution in [2.24, 2.45) is 17.8 Å². The minimum Gasteiger partial charge on any atom is -0.462 e. The average molecular weight is 300 g/mol. The first-order chi connectivity index (χ1) is 10.6. The molecule has 4 rings (SSSR count). The van der Waals surface area contributed by atoms with Gasteiger partial charge in [-0.25, -0.2) is 0 Å². The lowest BCUT2D eigenvalue weighted by molar-refractivity contribution is -0.148. The largest absolute Gasteiger partial charge is 0.462 e. The van der Waals surface area contributed by atoms with E-state index in [2.05, 4.69) is 0 Å². The molecule has 0 heterocycles. The molecule has 0 N–H and O–H groups in total. The molecule has 118 valence electrons. The van der Waals surface area contributed by atoms with Crippen molar-refractivity contribution in [3.8, 4) is 0 Å². The third-order valence-corrected chi connectivity index (χ3v) is 6.30. The van der Waals surface area contributed by atoms with Crippen LogP contribution in [0.15, 0.2) is 22.8 Å². The molecule has 2 saturated carbocycles. The van der Waals surface area contributed by atoms with Gasteiger partial charge in [-0.2, -0.15) is 0 Å². The molecule has 0 saturated heterocycles. The predicted molar refractivity (Wildman–Crippen MR) is 83.1 cm³/mol. The van der Waals surface area contributed by atoms with Crippen molar-refractivity contribution in [1.29, 1.82) is 0 Å². The summed E-state index contributed by atoms with van der Waals surface area (Å²) < 4.78 is 5.57. The zero-order chi connectivity index (χ0) is 15.3. The van der Waals surface area contributed by atoms with E-state index in [1.54, 1.807) is 5.57 Å². The van der Waals surface area contributed by atoms with E-state index in [-0.39, 0.29) is 12.1 Å². The number of allylic oxidation sites excluding steroid dienone is 4. The highest BCUT2D eigenvalue weighted by Gasteiger charge is 2.47. The van der Waals surface area contributed by atoms with Crippen LogP contribution in [0.4, 0.5) is 0 Å². The van der Waals surface area contributed by atoms with Crippen LogP contribution in [0, 0.1) is 17.8 Å². The molecule has 3 nitrogen and oxygen atoms in total. The molecule has 0 amide bonds. The minimum absolute atomic E-state index is 0.130. The van der Waals surface area contributed by atoms with E-state index in [0.717, 1.165) is 32.1 Å². The molecule has 0 aliphatic heterocycles. The number of carbonyl (C=O) groups excluding carboxylic acids is 2. The molecule has 0 aromatic rings. The number of rotatable bonds is 1. The molecule has 0 spiro atoms. The highest BCUT2D eigenvalue weighted by atomic mass is 16.5. The Kier molecular flexibility index (Phi) is 3.47. The van der Waals surface area contributed by atoms with Crippen molar-refractivity contribution >= 4 is 11.8 Å². The van der Waals surface area contributed by atoms with Crippen molar-refractivity contribution in [2.75, 3.05) is 0 Å². The molecular formula is C19H24O3. The molecule has 3 unspecified atom stereocenters. The van der Waals surface area contributed by atoms with Gasteiger partial charge in [-0.15, -0.1) is 0 Å². The maximum Gasteiger partial charge on any atom is 0.302 e. The van der Waals surface area contributed by atoms with Gasteiger partial charge in [0.25, 0.3) is 0 Å². The lowest BCUT2D eigenvalue weighted by Gasteiger charge is -2.42. The summed E-state index contributed by atoms with van der Waals surface area (Å²) in [6.45, 7) is 1.53. The number of ketones is 1. The molecule has 4 aliphatic rings. The second-order valence-electron chi connectivity index (χ2n) is 7.38. The summed E-state index contributed by atoms with van der Waals surface area (Å²) >= 11 is 0. The quantitative estimate of drug-likeness (QED) is 0.693. The fourth-order valence-electron chi connectivity index (χ4n) is 5.51. The normalized spacial score (nSPS) is 37.1. The zero-order valence-electron chi connectivity index (χ0n) is 13.3. The van der Waals surface area contributed by atoms with Crippen LogP contribution in [0.25, 0.3) is 0 Å². The van der Waals surface area contributed by atoms with Gasteiger partial charge < -0.3 is 4.74 Å². The van der Waals surface area contributed by atoms with E-state index >= 15 is 0 Å². The van der Waals surface area contributed by atoms with Gasteiger partial charge in [0.2, 0.25) is 0 Å². The molecule has 0 aromatic heterocycles. The molecule has 0 bridgehead atoms. The lowest BCUT2D eigenvalue weighted by Crippen LogP contribution is -2.35. The number of carbonyl (C=O) groups is 2. The Labute approximate surface area is 131 Å². The molecule has 4 aliphatic carbocycles. The summed E-state index contributed by atoms with van der Waals surface area (Å²) in [6.07, 6.45) is 10.5. The van der Waals surface area contributed by atoms with E-state index in [0.29, 0.717) is 30.0 Å². The van der Waals surface area contributed by atoms with Crippen LogP contribution in [0.3, 0.4) is 0 Å². The van der Waals surface area contributed by atoms with Crippen LogP contribution in [0.1, 0.15) is 58.3 Å². The standard InChI is InChI=1S/C19H24O3/c1-11(20)22-19-9-8-17-16-4-2-12-10-13(21)3-5-14(12)15(16)6-7-18(17)19/h10,16-19H,2-9H2,1H3/t16-,17?,18?,19?/m1/s1. The highest BCUT2D eigenvalue weighted by Crippen LogP contribution is 2.54. The van der Waals surface area contributed by atoms with Gasteiger partial charge in [0.05, 0.1) is 0 Å². The average Bonchev–Trinajstić information content (AvgIpc) is 2.89. The summed E-state index contributed by atoms with van der Waals surface area (Å²) in [5.74, 6) is 2.12. The smallest absolute Gasteiger partial charge is 0.302 e. The topological polar surface area (TPSA) is 43.4 Å². The van der Waals surface area contributed by atoms with E-state index in [4.69, 9.17) is 4.74 Å². The van der Waals surface area contributed by atoms with Crippen LogP contribution in [-0.4, -0.2) is 17.9 Å².